The minimum absolute atomic E-state index is 0.685. The van der Waals surface area contributed by atoms with Gasteiger partial charge in [-0.2, -0.15) is 0 Å². The van der Waals surface area contributed by atoms with Crippen molar-refractivity contribution in [3.05, 3.63) is 74.6 Å². The van der Waals surface area contributed by atoms with Crippen LogP contribution in [0.1, 0.15) is 28.8 Å². The normalized spacial score (nSPS) is 14.2. The zero-order valence-corrected chi connectivity index (χ0v) is 17.1. The van der Waals surface area contributed by atoms with Crippen LogP contribution in [0.25, 0.3) is 10.4 Å². The average molecular weight is 402 g/mol. The van der Waals surface area contributed by atoms with Crippen molar-refractivity contribution >= 4 is 40.2 Å². The van der Waals surface area contributed by atoms with Crippen molar-refractivity contribution in [1.82, 2.24) is 0 Å². The van der Waals surface area contributed by atoms with Crippen LogP contribution < -0.4 is 4.90 Å². The van der Waals surface area contributed by atoms with Crippen LogP contribution in [0.3, 0.4) is 0 Å². The summed E-state index contributed by atoms with van der Waals surface area (Å²) in [7, 11) is 0. The SMILES string of the molecule is Cc1ccc(-c2cc(N3CCCC3)c(Cc3ccc(Cl)cc3Cl)s2)cc1. The van der Waals surface area contributed by atoms with E-state index in [1.54, 1.807) is 0 Å². The second-order valence-electron chi connectivity index (χ2n) is 6.89. The van der Waals surface area contributed by atoms with Gasteiger partial charge in [0.2, 0.25) is 0 Å². The number of anilines is 1. The maximum Gasteiger partial charge on any atom is 0.0517 e. The summed E-state index contributed by atoms with van der Waals surface area (Å²) in [5.41, 5.74) is 5.08. The van der Waals surface area contributed by atoms with Crippen LogP contribution >= 0.6 is 34.5 Å². The Kier molecular flexibility index (Phi) is 5.26. The molecule has 3 aromatic rings. The molecule has 1 aliphatic heterocycles. The fourth-order valence-corrected chi connectivity index (χ4v) is 5.16. The van der Waals surface area contributed by atoms with Crippen molar-refractivity contribution in [3.8, 4) is 10.4 Å². The molecule has 26 heavy (non-hydrogen) atoms. The third kappa shape index (κ3) is 3.78. The van der Waals surface area contributed by atoms with E-state index >= 15 is 0 Å². The van der Waals surface area contributed by atoms with Crippen LogP contribution in [0.15, 0.2) is 48.5 Å². The molecule has 2 heterocycles. The summed E-state index contributed by atoms with van der Waals surface area (Å²) in [6, 6.07) is 17.0. The predicted octanol–water partition coefficient (Wildman–Crippen LogP) is 7.22. The van der Waals surface area contributed by atoms with Crippen LogP contribution in [-0.2, 0) is 6.42 Å². The molecule has 1 aromatic heterocycles. The van der Waals surface area contributed by atoms with Crippen LogP contribution in [0.2, 0.25) is 10.0 Å². The summed E-state index contributed by atoms with van der Waals surface area (Å²) in [4.78, 5) is 5.23. The van der Waals surface area contributed by atoms with Gasteiger partial charge in [-0.1, -0.05) is 59.1 Å². The molecule has 4 heteroatoms. The minimum Gasteiger partial charge on any atom is -0.371 e. The monoisotopic (exact) mass is 401 g/mol. The van der Waals surface area contributed by atoms with Crippen molar-refractivity contribution in [2.75, 3.05) is 18.0 Å². The lowest BCUT2D eigenvalue weighted by molar-refractivity contribution is 0.949. The molecule has 4 rings (SSSR count). The molecule has 0 bridgehead atoms. The summed E-state index contributed by atoms with van der Waals surface area (Å²) < 4.78 is 0. The maximum atomic E-state index is 6.44. The van der Waals surface area contributed by atoms with E-state index in [2.05, 4.69) is 42.2 Å². The number of aryl methyl sites for hydroxylation is 1. The van der Waals surface area contributed by atoms with Gasteiger partial charge >= 0.3 is 0 Å². The van der Waals surface area contributed by atoms with E-state index < -0.39 is 0 Å². The number of hydrogen-bond donors (Lipinski definition) is 0. The first-order valence-corrected chi connectivity index (χ1v) is 10.6. The second-order valence-corrected chi connectivity index (χ2v) is 8.87. The average Bonchev–Trinajstić information content (AvgIpc) is 3.27. The minimum atomic E-state index is 0.685. The third-order valence-corrected chi connectivity index (χ3v) is 6.70. The van der Waals surface area contributed by atoms with Crippen molar-refractivity contribution in [2.45, 2.75) is 26.2 Å². The van der Waals surface area contributed by atoms with Gasteiger partial charge in [0.1, 0.15) is 0 Å². The lowest BCUT2D eigenvalue weighted by Crippen LogP contribution is -2.18. The van der Waals surface area contributed by atoms with Crippen molar-refractivity contribution in [1.29, 1.82) is 0 Å². The van der Waals surface area contributed by atoms with Gasteiger partial charge in [-0.05, 0) is 49.1 Å². The van der Waals surface area contributed by atoms with Gasteiger partial charge in [-0.15, -0.1) is 11.3 Å². The highest BCUT2D eigenvalue weighted by molar-refractivity contribution is 7.16. The Balaban J connectivity index is 1.72. The maximum absolute atomic E-state index is 6.44. The highest BCUT2D eigenvalue weighted by Gasteiger charge is 2.20. The van der Waals surface area contributed by atoms with Gasteiger partial charge in [-0.3, -0.25) is 0 Å². The molecule has 0 amide bonds. The lowest BCUT2D eigenvalue weighted by atomic mass is 10.1. The summed E-state index contributed by atoms with van der Waals surface area (Å²) in [6.45, 7) is 4.42. The Bertz CT molecular complexity index is 908. The molecule has 0 aliphatic carbocycles. The van der Waals surface area contributed by atoms with Gasteiger partial charge < -0.3 is 4.90 Å². The largest absolute Gasteiger partial charge is 0.371 e. The Hall–Kier alpha value is -1.48. The fraction of sp³-hybridized carbons (Fsp3) is 0.273. The third-order valence-electron chi connectivity index (χ3n) is 4.94. The first kappa shape index (κ1) is 17.9. The quantitative estimate of drug-likeness (QED) is 0.445. The summed E-state index contributed by atoms with van der Waals surface area (Å²) in [6.07, 6.45) is 3.39. The second kappa shape index (κ2) is 7.64. The van der Waals surface area contributed by atoms with Crippen molar-refractivity contribution in [3.63, 3.8) is 0 Å². The summed E-state index contributed by atoms with van der Waals surface area (Å²) in [5.74, 6) is 0. The number of rotatable bonds is 4. The van der Waals surface area contributed by atoms with Gasteiger partial charge in [0, 0.05) is 39.3 Å². The Morgan fingerprint density at radius 2 is 1.69 bits per heavy atom. The molecular formula is C22H21Cl2NS. The van der Waals surface area contributed by atoms with E-state index in [1.807, 2.05) is 29.5 Å². The molecule has 0 N–H and O–H groups in total. The number of halogens is 2. The molecule has 1 fully saturated rings. The van der Waals surface area contributed by atoms with Gasteiger partial charge in [-0.25, -0.2) is 0 Å². The molecular weight excluding hydrogens is 381 g/mol. The molecule has 1 saturated heterocycles. The number of benzene rings is 2. The van der Waals surface area contributed by atoms with Crippen LogP contribution in [0.5, 0.6) is 0 Å². The summed E-state index contributed by atoms with van der Waals surface area (Å²) >= 11 is 14.4. The molecule has 134 valence electrons. The molecule has 1 nitrogen and oxygen atoms in total. The Morgan fingerprint density at radius 3 is 2.38 bits per heavy atom. The topological polar surface area (TPSA) is 3.24 Å². The molecule has 2 aromatic carbocycles. The molecule has 0 atom stereocenters. The highest BCUT2D eigenvalue weighted by atomic mass is 35.5. The molecule has 0 unspecified atom stereocenters. The van der Waals surface area contributed by atoms with E-state index in [0.717, 1.165) is 30.1 Å². The molecule has 0 radical (unpaired) electrons. The number of hydrogen-bond acceptors (Lipinski definition) is 2. The van der Waals surface area contributed by atoms with Gasteiger partial charge in [0.15, 0.2) is 0 Å². The Labute approximate surface area is 169 Å². The zero-order valence-electron chi connectivity index (χ0n) is 14.8. The van der Waals surface area contributed by atoms with E-state index in [4.69, 9.17) is 23.2 Å². The lowest BCUT2D eigenvalue weighted by Gasteiger charge is -2.18. The van der Waals surface area contributed by atoms with Crippen molar-refractivity contribution in [2.24, 2.45) is 0 Å². The van der Waals surface area contributed by atoms with Gasteiger partial charge in [0.25, 0.3) is 0 Å². The standard InChI is InChI=1S/C22H21Cl2NS/c1-15-4-6-16(7-5-15)21-14-20(25-10-2-3-11-25)22(26-21)12-17-8-9-18(23)13-19(17)24/h4-9,13-14H,2-3,10-12H2,1H3. The van der Waals surface area contributed by atoms with Crippen molar-refractivity contribution < 1.29 is 0 Å². The van der Waals surface area contributed by atoms with E-state index in [-0.39, 0.29) is 0 Å². The fourth-order valence-electron chi connectivity index (χ4n) is 3.47. The predicted molar refractivity (Wildman–Crippen MR) is 115 cm³/mol. The van der Waals surface area contributed by atoms with E-state index in [0.29, 0.717) is 5.02 Å². The number of nitrogens with zero attached hydrogens (tertiary/aromatic N) is 1. The molecule has 0 saturated carbocycles. The zero-order chi connectivity index (χ0) is 18.1. The number of thiophene rings is 1. The van der Waals surface area contributed by atoms with E-state index in [1.165, 1.54) is 39.4 Å². The van der Waals surface area contributed by atoms with Crippen LogP contribution in [-0.4, -0.2) is 13.1 Å². The van der Waals surface area contributed by atoms with E-state index in [9.17, 15) is 0 Å². The summed E-state index contributed by atoms with van der Waals surface area (Å²) in [5, 5.41) is 1.43. The van der Waals surface area contributed by atoms with Crippen LogP contribution in [0, 0.1) is 6.92 Å². The molecule has 0 spiro atoms. The smallest absolute Gasteiger partial charge is 0.0517 e. The Morgan fingerprint density at radius 1 is 0.962 bits per heavy atom. The first-order valence-electron chi connectivity index (χ1n) is 8.99. The highest BCUT2D eigenvalue weighted by Crippen LogP contribution is 2.40. The van der Waals surface area contributed by atoms with Crippen LogP contribution in [0.4, 0.5) is 5.69 Å². The van der Waals surface area contributed by atoms with Gasteiger partial charge in [0.05, 0.1) is 5.69 Å². The first-order chi connectivity index (χ1) is 12.6. The molecule has 1 aliphatic rings.